The van der Waals surface area contributed by atoms with Gasteiger partial charge in [-0.3, -0.25) is 0 Å². The fourth-order valence-corrected chi connectivity index (χ4v) is 1.94. The van der Waals surface area contributed by atoms with Crippen LogP contribution in [0, 0.1) is 5.82 Å². The largest absolute Gasteiger partial charge is 0.390 e. The molecule has 4 heteroatoms. The number of hydrogen-bond donors (Lipinski definition) is 1. The molecule has 16 heavy (non-hydrogen) atoms. The Kier molecular flexibility index (Phi) is 6.45. The smallest absolute Gasteiger partial charge is 0.123 e. The molecule has 2 nitrogen and oxygen atoms in total. The predicted octanol–water partition coefficient (Wildman–Crippen LogP) is 2.71. The molecule has 0 saturated heterocycles. The van der Waals surface area contributed by atoms with Crippen LogP contribution >= 0.6 is 11.8 Å². The Bertz CT molecular complexity index is 290. The van der Waals surface area contributed by atoms with Gasteiger partial charge in [-0.25, -0.2) is 4.39 Å². The van der Waals surface area contributed by atoms with E-state index in [2.05, 4.69) is 0 Å². The molecule has 0 aromatic heterocycles. The van der Waals surface area contributed by atoms with E-state index in [4.69, 9.17) is 4.74 Å². The molecule has 1 atom stereocenters. The van der Waals surface area contributed by atoms with Gasteiger partial charge in [0.15, 0.2) is 0 Å². The zero-order valence-corrected chi connectivity index (χ0v) is 10.2. The zero-order chi connectivity index (χ0) is 11.8. The first-order valence-corrected chi connectivity index (χ1v) is 6.35. The fraction of sp³-hybridized carbons (Fsp3) is 0.500. The van der Waals surface area contributed by atoms with Crippen LogP contribution in [0.4, 0.5) is 4.39 Å². The van der Waals surface area contributed by atoms with E-state index in [1.54, 1.807) is 12.1 Å². The van der Waals surface area contributed by atoms with Crippen molar-refractivity contribution in [1.82, 2.24) is 0 Å². The van der Waals surface area contributed by atoms with Crippen LogP contribution in [0.5, 0.6) is 0 Å². The third-order valence-electron chi connectivity index (χ3n) is 1.91. The van der Waals surface area contributed by atoms with Crippen LogP contribution in [0.2, 0.25) is 0 Å². The van der Waals surface area contributed by atoms with E-state index in [1.807, 2.05) is 6.92 Å². The standard InChI is InChI=1S/C12H17FO2S/c1-2-7-15-8-11(14)9-16-12-5-3-10(13)4-6-12/h3-6,11,14H,2,7-9H2,1H3. The first-order chi connectivity index (χ1) is 7.72. The summed E-state index contributed by atoms with van der Waals surface area (Å²) in [5.74, 6) is 0.325. The first-order valence-electron chi connectivity index (χ1n) is 5.36. The fourth-order valence-electron chi connectivity index (χ4n) is 1.14. The highest BCUT2D eigenvalue weighted by atomic mass is 32.2. The van der Waals surface area contributed by atoms with E-state index in [-0.39, 0.29) is 5.82 Å². The lowest BCUT2D eigenvalue weighted by Crippen LogP contribution is -2.18. The van der Waals surface area contributed by atoms with E-state index in [9.17, 15) is 9.50 Å². The lowest BCUT2D eigenvalue weighted by atomic mass is 10.4. The van der Waals surface area contributed by atoms with Gasteiger partial charge in [-0.1, -0.05) is 6.92 Å². The molecule has 0 saturated carbocycles. The minimum atomic E-state index is -0.471. The second-order valence-corrected chi connectivity index (χ2v) is 4.59. The molecule has 0 heterocycles. The van der Waals surface area contributed by atoms with Crippen LogP contribution in [-0.4, -0.2) is 30.2 Å². The molecular weight excluding hydrogens is 227 g/mol. The maximum absolute atomic E-state index is 12.6. The van der Waals surface area contributed by atoms with E-state index < -0.39 is 6.10 Å². The molecule has 1 rings (SSSR count). The second-order valence-electron chi connectivity index (χ2n) is 3.49. The van der Waals surface area contributed by atoms with Gasteiger partial charge in [0, 0.05) is 17.3 Å². The summed E-state index contributed by atoms with van der Waals surface area (Å²) < 4.78 is 17.8. The summed E-state index contributed by atoms with van der Waals surface area (Å²) in [6, 6.07) is 6.25. The third kappa shape index (κ3) is 5.49. The minimum Gasteiger partial charge on any atom is -0.390 e. The molecule has 0 fully saturated rings. The molecule has 0 bridgehead atoms. The summed E-state index contributed by atoms with van der Waals surface area (Å²) in [5, 5.41) is 9.57. The molecule has 1 unspecified atom stereocenters. The molecule has 90 valence electrons. The monoisotopic (exact) mass is 244 g/mol. The summed E-state index contributed by atoms with van der Waals surface area (Å²) in [4.78, 5) is 0.955. The molecule has 0 aliphatic rings. The summed E-state index contributed by atoms with van der Waals surface area (Å²) in [6.45, 7) is 3.07. The zero-order valence-electron chi connectivity index (χ0n) is 9.36. The average Bonchev–Trinajstić information content (AvgIpc) is 2.29. The number of hydrogen-bond acceptors (Lipinski definition) is 3. The van der Waals surface area contributed by atoms with Crippen LogP contribution in [-0.2, 0) is 4.74 Å². The Morgan fingerprint density at radius 2 is 2.06 bits per heavy atom. The number of aliphatic hydroxyl groups is 1. The topological polar surface area (TPSA) is 29.5 Å². The van der Waals surface area contributed by atoms with Gasteiger partial charge in [0.25, 0.3) is 0 Å². The lowest BCUT2D eigenvalue weighted by molar-refractivity contribution is 0.0489. The lowest BCUT2D eigenvalue weighted by Gasteiger charge is -2.10. The predicted molar refractivity (Wildman–Crippen MR) is 64.2 cm³/mol. The molecule has 1 N–H and O–H groups in total. The molecule has 0 amide bonds. The van der Waals surface area contributed by atoms with Crippen molar-refractivity contribution >= 4 is 11.8 Å². The Balaban J connectivity index is 2.20. The summed E-state index contributed by atoms with van der Waals surface area (Å²) in [5.41, 5.74) is 0. The molecule has 0 radical (unpaired) electrons. The first kappa shape index (κ1) is 13.5. The van der Waals surface area contributed by atoms with E-state index in [1.165, 1.54) is 23.9 Å². The van der Waals surface area contributed by atoms with Crippen molar-refractivity contribution in [2.24, 2.45) is 0 Å². The molecule has 1 aromatic carbocycles. The maximum Gasteiger partial charge on any atom is 0.123 e. The summed E-state index contributed by atoms with van der Waals surface area (Å²) in [7, 11) is 0. The van der Waals surface area contributed by atoms with Crippen LogP contribution in [0.3, 0.4) is 0 Å². The van der Waals surface area contributed by atoms with Crippen molar-refractivity contribution in [2.75, 3.05) is 19.0 Å². The summed E-state index contributed by atoms with van der Waals surface area (Å²) in [6.07, 6.45) is 0.485. The summed E-state index contributed by atoms with van der Waals surface area (Å²) >= 11 is 1.50. The quantitative estimate of drug-likeness (QED) is 0.590. The van der Waals surface area contributed by atoms with Gasteiger partial charge in [0.05, 0.1) is 12.7 Å². The molecule has 1 aromatic rings. The molecule has 0 aliphatic heterocycles. The van der Waals surface area contributed by atoms with Crippen molar-refractivity contribution < 1.29 is 14.2 Å². The number of halogens is 1. The van der Waals surface area contributed by atoms with E-state index >= 15 is 0 Å². The highest BCUT2D eigenvalue weighted by Crippen LogP contribution is 2.18. The van der Waals surface area contributed by atoms with Gasteiger partial charge in [0.1, 0.15) is 5.82 Å². The highest BCUT2D eigenvalue weighted by Gasteiger charge is 2.05. The van der Waals surface area contributed by atoms with Gasteiger partial charge in [-0.05, 0) is 30.7 Å². The van der Waals surface area contributed by atoms with Crippen molar-refractivity contribution in [3.8, 4) is 0 Å². The average molecular weight is 244 g/mol. The Morgan fingerprint density at radius 1 is 1.38 bits per heavy atom. The van der Waals surface area contributed by atoms with Crippen molar-refractivity contribution in [1.29, 1.82) is 0 Å². The van der Waals surface area contributed by atoms with Gasteiger partial charge in [0.2, 0.25) is 0 Å². The van der Waals surface area contributed by atoms with Crippen molar-refractivity contribution in [3.63, 3.8) is 0 Å². The molecule has 0 spiro atoms. The van der Waals surface area contributed by atoms with Gasteiger partial charge >= 0.3 is 0 Å². The third-order valence-corrected chi connectivity index (χ3v) is 3.07. The normalized spacial score (nSPS) is 12.7. The highest BCUT2D eigenvalue weighted by molar-refractivity contribution is 7.99. The number of aliphatic hydroxyl groups excluding tert-OH is 1. The number of thioether (sulfide) groups is 1. The van der Waals surface area contributed by atoms with E-state index in [0.29, 0.717) is 19.0 Å². The van der Waals surface area contributed by atoms with Crippen LogP contribution in [0.25, 0.3) is 0 Å². The van der Waals surface area contributed by atoms with Crippen molar-refractivity contribution in [2.45, 2.75) is 24.3 Å². The minimum absolute atomic E-state index is 0.240. The number of rotatable bonds is 7. The molecular formula is C12H17FO2S. The van der Waals surface area contributed by atoms with Gasteiger partial charge in [-0.2, -0.15) is 0 Å². The van der Waals surface area contributed by atoms with Crippen LogP contribution in [0.1, 0.15) is 13.3 Å². The van der Waals surface area contributed by atoms with Crippen LogP contribution in [0.15, 0.2) is 29.2 Å². The maximum atomic E-state index is 12.6. The Morgan fingerprint density at radius 3 is 2.69 bits per heavy atom. The van der Waals surface area contributed by atoms with E-state index in [0.717, 1.165) is 11.3 Å². The SMILES string of the molecule is CCCOCC(O)CSc1ccc(F)cc1. The molecule has 0 aliphatic carbocycles. The Hall–Kier alpha value is -0.580. The van der Waals surface area contributed by atoms with Crippen LogP contribution < -0.4 is 0 Å². The second kappa shape index (κ2) is 7.65. The van der Waals surface area contributed by atoms with Gasteiger partial charge < -0.3 is 9.84 Å². The number of ether oxygens (including phenoxy) is 1. The van der Waals surface area contributed by atoms with Gasteiger partial charge in [-0.15, -0.1) is 11.8 Å². The number of benzene rings is 1. The van der Waals surface area contributed by atoms with Crippen molar-refractivity contribution in [3.05, 3.63) is 30.1 Å². The Labute approximate surface area is 99.8 Å².